The molecule has 6 heteroatoms. The topological polar surface area (TPSA) is 38.3 Å². The lowest BCUT2D eigenvalue weighted by molar-refractivity contribution is -0.169. The van der Waals surface area contributed by atoms with E-state index in [2.05, 4.69) is 10.1 Å². The fraction of sp³-hybridized carbons (Fsp3) is 0.875. The van der Waals surface area contributed by atoms with Crippen molar-refractivity contribution in [2.75, 3.05) is 13.2 Å². The second-order valence-electron chi connectivity index (χ2n) is 2.66. The highest BCUT2D eigenvalue weighted by molar-refractivity contribution is 5.70. The second-order valence-corrected chi connectivity index (χ2v) is 2.66. The Labute approximate surface area is 80.6 Å². The molecule has 0 radical (unpaired) electrons. The lowest BCUT2D eigenvalue weighted by atomic mass is 10.2. The Morgan fingerprint density at radius 2 is 2.00 bits per heavy atom. The summed E-state index contributed by atoms with van der Waals surface area (Å²) in [6, 6.07) is -1.81. The van der Waals surface area contributed by atoms with Crippen LogP contribution >= 0.6 is 0 Å². The molecule has 0 saturated carbocycles. The van der Waals surface area contributed by atoms with Gasteiger partial charge in [0.2, 0.25) is 0 Å². The summed E-state index contributed by atoms with van der Waals surface area (Å²) < 4.78 is 41.1. The molecule has 84 valence electrons. The van der Waals surface area contributed by atoms with Gasteiger partial charge in [0.1, 0.15) is 6.04 Å². The Balaban J connectivity index is 4.16. The van der Waals surface area contributed by atoms with Crippen LogP contribution in [-0.2, 0) is 9.53 Å². The molecule has 3 nitrogen and oxygen atoms in total. The van der Waals surface area contributed by atoms with Gasteiger partial charge in [-0.3, -0.25) is 4.79 Å². The molecule has 1 N–H and O–H groups in total. The molecule has 0 aromatic rings. The highest BCUT2D eigenvalue weighted by Crippen LogP contribution is 2.22. The summed E-state index contributed by atoms with van der Waals surface area (Å²) in [7, 11) is 0. The predicted molar refractivity (Wildman–Crippen MR) is 44.8 cm³/mol. The van der Waals surface area contributed by atoms with Crippen molar-refractivity contribution in [1.82, 2.24) is 5.32 Å². The van der Waals surface area contributed by atoms with Crippen LogP contribution in [0.3, 0.4) is 0 Å². The minimum Gasteiger partial charge on any atom is -0.466 e. The first-order chi connectivity index (χ1) is 6.41. The Morgan fingerprint density at radius 3 is 2.36 bits per heavy atom. The zero-order valence-electron chi connectivity index (χ0n) is 8.15. The van der Waals surface area contributed by atoms with E-state index in [1.165, 1.54) is 0 Å². The summed E-state index contributed by atoms with van der Waals surface area (Å²) >= 11 is 0. The van der Waals surface area contributed by atoms with Crippen LogP contribution in [0.5, 0.6) is 0 Å². The van der Waals surface area contributed by atoms with Crippen molar-refractivity contribution in [2.24, 2.45) is 0 Å². The molecule has 0 unspecified atom stereocenters. The summed E-state index contributed by atoms with van der Waals surface area (Å²) in [5, 5.41) is 2.19. The van der Waals surface area contributed by atoms with Crippen molar-refractivity contribution in [2.45, 2.75) is 32.5 Å². The third-order valence-electron chi connectivity index (χ3n) is 1.52. The van der Waals surface area contributed by atoms with Crippen LogP contribution in [0, 0.1) is 0 Å². The van der Waals surface area contributed by atoms with Crippen molar-refractivity contribution in [3.8, 4) is 0 Å². The van der Waals surface area contributed by atoms with E-state index in [0.717, 1.165) is 0 Å². The predicted octanol–water partition coefficient (Wildman–Crippen LogP) is 1.48. The number of nitrogens with one attached hydrogen (secondary N) is 1. The fourth-order valence-electron chi connectivity index (χ4n) is 0.937. The number of rotatable bonds is 5. The zero-order valence-corrected chi connectivity index (χ0v) is 8.15. The van der Waals surface area contributed by atoms with Crippen molar-refractivity contribution in [3.63, 3.8) is 0 Å². The second kappa shape index (κ2) is 5.85. The lowest BCUT2D eigenvalue weighted by Gasteiger charge is -2.19. The molecule has 0 aromatic heterocycles. The van der Waals surface area contributed by atoms with E-state index in [1.807, 2.05) is 0 Å². The first kappa shape index (κ1) is 13.2. The molecule has 0 bridgehead atoms. The van der Waals surface area contributed by atoms with Gasteiger partial charge in [-0.05, 0) is 13.5 Å². The Morgan fingerprint density at radius 1 is 1.43 bits per heavy atom. The van der Waals surface area contributed by atoms with Gasteiger partial charge in [-0.1, -0.05) is 6.92 Å². The summed E-state index contributed by atoms with van der Waals surface area (Å²) in [4.78, 5) is 10.8. The molecule has 1 atom stereocenters. The number of hydrogen-bond donors (Lipinski definition) is 1. The first-order valence-corrected chi connectivity index (χ1v) is 4.37. The number of hydrogen-bond acceptors (Lipinski definition) is 3. The number of halogens is 3. The molecule has 0 aliphatic rings. The molecule has 0 spiro atoms. The van der Waals surface area contributed by atoms with Crippen LogP contribution in [0.4, 0.5) is 13.2 Å². The van der Waals surface area contributed by atoms with Gasteiger partial charge in [-0.2, -0.15) is 13.2 Å². The highest BCUT2D eigenvalue weighted by Gasteiger charge is 2.40. The van der Waals surface area contributed by atoms with Crippen LogP contribution in [0.1, 0.15) is 20.3 Å². The monoisotopic (exact) mass is 213 g/mol. The maximum Gasteiger partial charge on any atom is 0.404 e. The van der Waals surface area contributed by atoms with Crippen LogP contribution in [-0.4, -0.2) is 31.3 Å². The number of ether oxygens (including phenoxy) is 1. The third-order valence-corrected chi connectivity index (χ3v) is 1.52. The maximum absolute atomic E-state index is 12.2. The number of carbonyl (C=O) groups is 1. The van der Waals surface area contributed by atoms with E-state index in [-0.39, 0.29) is 13.2 Å². The van der Waals surface area contributed by atoms with E-state index in [9.17, 15) is 18.0 Å². The van der Waals surface area contributed by atoms with E-state index >= 15 is 0 Å². The normalized spacial score (nSPS) is 13.8. The maximum atomic E-state index is 12.2. The fourth-order valence-corrected chi connectivity index (χ4v) is 0.937. The summed E-state index contributed by atoms with van der Waals surface area (Å²) in [6.45, 7) is 3.34. The van der Waals surface area contributed by atoms with Gasteiger partial charge in [0.25, 0.3) is 0 Å². The Kier molecular flexibility index (Phi) is 5.52. The zero-order chi connectivity index (χ0) is 11.2. The average Bonchev–Trinajstić information content (AvgIpc) is 2.02. The van der Waals surface area contributed by atoms with Gasteiger partial charge >= 0.3 is 12.1 Å². The molecule has 0 saturated heterocycles. The van der Waals surface area contributed by atoms with E-state index in [4.69, 9.17) is 0 Å². The summed E-state index contributed by atoms with van der Waals surface area (Å²) in [5.41, 5.74) is 0. The van der Waals surface area contributed by atoms with Crippen LogP contribution in [0.2, 0.25) is 0 Å². The van der Waals surface area contributed by atoms with Gasteiger partial charge in [0, 0.05) is 0 Å². The van der Waals surface area contributed by atoms with Gasteiger partial charge in [-0.15, -0.1) is 0 Å². The minimum atomic E-state index is -4.41. The van der Waals surface area contributed by atoms with Crippen molar-refractivity contribution in [3.05, 3.63) is 0 Å². The van der Waals surface area contributed by atoms with Crippen molar-refractivity contribution < 1.29 is 22.7 Å². The number of esters is 1. The molecule has 0 heterocycles. The molecular weight excluding hydrogens is 199 g/mol. The number of carbonyl (C=O) groups excluding carboxylic acids is 1. The molecule has 0 amide bonds. The molecule has 0 aliphatic carbocycles. The summed E-state index contributed by atoms with van der Waals surface area (Å²) in [6.07, 6.45) is -5.09. The minimum absolute atomic E-state index is 0.0928. The molecule has 0 aliphatic heterocycles. The van der Waals surface area contributed by atoms with Crippen molar-refractivity contribution in [1.29, 1.82) is 0 Å². The molecule has 14 heavy (non-hydrogen) atoms. The van der Waals surface area contributed by atoms with Crippen LogP contribution < -0.4 is 5.32 Å². The lowest BCUT2D eigenvalue weighted by Crippen LogP contribution is -2.43. The largest absolute Gasteiger partial charge is 0.466 e. The van der Waals surface area contributed by atoms with Crippen LogP contribution in [0.25, 0.3) is 0 Å². The highest BCUT2D eigenvalue weighted by atomic mass is 19.4. The smallest absolute Gasteiger partial charge is 0.404 e. The van der Waals surface area contributed by atoms with Crippen molar-refractivity contribution >= 4 is 5.97 Å². The van der Waals surface area contributed by atoms with E-state index in [1.54, 1.807) is 13.8 Å². The standard InChI is InChI=1S/C8H14F3NO2/c1-3-12-6(8(9,10)11)5-7(13)14-4-2/h6,12H,3-5H2,1-2H3/t6-/m1/s1. The van der Waals surface area contributed by atoms with Crippen LogP contribution in [0.15, 0.2) is 0 Å². The summed E-state index contributed by atoms with van der Waals surface area (Å²) in [5.74, 6) is -0.837. The van der Waals surface area contributed by atoms with E-state index in [0.29, 0.717) is 0 Å². The molecule has 0 fully saturated rings. The van der Waals surface area contributed by atoms with E-state index < -0.39 is 24.6 Å². The quantitative estimate of drug-likeness (QED) is 0.703. The Hall–Kier alpha value is -0.780. The van der Waals surface area contributed by atoms with Gasteiger partial charge in [0.05, 0.1) is 13.0 Å². The Bertz CT molecular complexity index is 182. The average molecular weight is 213 g/mol. The SMILES string of the molecule is CCN[C@H](CC(=O)OCC)C(F)(F)F. The number of alkyl halides is 3. The van der Waals surface area contributed by atoms with Gasteiger partial charge in [0.15, 0.2) is 0 Å². The molecular formula is C8H14F3NO2. The van der Waals surface area contributed by atoms with Gasteiger partial charge in [-0.25, -0.2) is 0 Å². The third kappa shape index (κ3) is 5.06. The molecule has 0 rings (SSSR count). The van der Waals surface area contributed by atoms with Gasteiger partial charge < -0.3 is 10.1 Å². The molecule has 0 aromatic carbocycles. The first-order valence-electron chi connectivity index (χ1n) is 4.37.